The van der Waals surface area contributed by atoms with Gasteiger partial charge < -0.3 is 19.7 Å². The highest BCUT2D eigenvalue weighted by Gasteiger charge is 2.70. The van der Waals surface area contributed by atoms with E-state index in [1.54, 1.807) is 12.7 Å². The van der Waals surface area contributed by atoms with Crippen molar-refractivity contribution in [2.45, 2.75) is 151 Å². The van der Waals surface area contributed by atoms with Crippen molar-refractivity contribution >= 4 is 15.8 Å². The summed E-state index contributed by atoms with van der Waals surface area (Å²) in [7, 11) is -1.14. The van der Waals surface area contributed by atoms with Gasteiger partial charge in [-0.2, -0.15) is 0 Å². The molecule has 0 radical (unpaired) electrons. The molecule has 1 saturated heterocycles. The maximum absolute atomic E-state index is 13.5. The van der Waals surface area contributed by atoms with Crippen molar-refractivity contribution in [2.24, 2.45) is 56.7 Å². The van der Waals surface area contributed by atoms with Gasteiger partial charge in [-0.1, -0.05) is 58.9 Å². The molecule has 5 fully saturated rings. The van der Waals surface area contributed by atoms with Crippen LogP contribution in [-0.2, 0) is 24.1 Å². The van der Waals surface area contributed by atoms with E-state index in [1.165, 1.54) is 62.5 Å². The molecule has 0 amide bonds. The lowest BCUT2D eigenvalue weighted by molar-refractivity contribution is -0.221. The summed E-state index contributed by atoms with van der Waals surface area (Å²) in [5, 5.41) is 4.24. The van der Waals surface area contributed by atoms with Crippen molar-refractivity contribution in [1.29, 1.82) is 0 Å². The Morgan fingerprint density at radius 1 is 0.929 bits per heavy atom. The fourth-order valence-electron chi connectivity index (χ4n) is 15.3. The molecule has 0 aromatic carbocycles. The van der Waals surface area contributed by atoms with E-state index < -0.39 is 15.3 Å². The van der Waals surface area contributed by atoms with Gasteiger partial charge in [-0.15, -0.1) is 0 Å². The zero-order valence-electron chi connectivity index (χ0n) is 36.9. The third-order valence-corrected chi connectivity index (χ3v) is 20.1. The zero-order chi connectivity index (χ0) is 40.5. The minimum Gasteiger partial charge on any atom is -0.463 e. The third kappa shape index (κ3) is 6.96. The monoisotopic (exact) mass is 795 g/mol. The molecule has 316 valence electrons. The standard InChI is InChI=1S/C48H78N2O5S/c1-33(2)36-15-22-48(49-26-27-50-28-31-56(52,53)32-29-50)24-23-45(8)38(41(36)48)11-12-40-44(7)18-16-37(43(5,6)39(44)17-19-46(40,45)9)35-13-20-47(21-14-35,25-30-54-10)42(51)55-34(3)4/h13,16,34,36,38-41,49H,1,11-12,14-15,17-32H2,2-10H3/t36-,38+,39-,40+,41+,44-,45+,46+,47?,48-/m0/s1. The van der Waals surface area contributed by atoms with Crippen LogP contribution in [0, 0.1) is 56.7 Å². The first-order valence-electron chi connectivity index (χ1n) is 22.7. The highest BCUT2D eigenvalue weighted by atomic mass is 32.2. The predicted octanol–water partition coefficient (Wildman–Crippen LogP) is 9.34. The Bertz CT molecular complexity index is 1690. The Kier molecular flexibility index (Phi) is 11.6. The van der Waals surface area contributed by atoms with Crippen molar-refractivity contribution in [1.82, 2.24) is 10.2 Å². The molecule has 0 aromatic heterocycles. The Labute approximate surface area is 341 Å². The van der Waals surface area contributed by atoms with Crippen molar-refractivity contribution in [3.63, 3.8) is 0 Å². The van der Waals surface area contributed by atoms with Gasteiger partial charge >= 0.3 is 5.97 Å². The van der Waals surface area contributed by atoms with Crippen LogP contribution in [0.3, 0.4) is 0 Å². The van der Waals surface area contributed by atoms with Crippen LogP contribution < -0.4 is 5.32 Å². The normalized spacial score (nSPS) is 43.1. The molecule has 0 bridgehead atoms. The van der Waals surface area contributed by atoms with Crippen LogP contribution in [0.1, 0.15) is 139 Å². The van der Waals surface area contributed by atoms with Crippen molar-refractivity contribution in [3.05, 3.63) is 35.5 Å². The van der Waals surface area contributed by atoms with Crippen LogP contribution >= 0.6 is 0 Å². The number of esters is 1. The first kappa shape index (κ1) is 42.6. The number of fused-ring (bicyclic) bond motifs is 7. The van der Waals surface area contributed by atoms with Crippen LogP contribution in [0.15, 0.2) is 35.5 Å². The second-order valence-electron chi connectivity index (χ2n) is 21.7. The van der Waals surface area contributed by atoms with Crippen LogP contribution in [0.25, 0.3) is 0 Å². The second kappa shape index (κ2) is 15.2. The molecule has 56 heavy (non-hydrogen) atoms. The molecule has 7 nitrogen and oxygen atoms in total. The van der Waals surface area contributed by atoms with E-state index in [-0.39, 0.29) is 39.3 Å². The number of ether oxygens (including phenoxy) is 2. The van der Waals surface area contributed by atoms with Gasteiger partial charge in [0.05, 0.1) is 23.0 Å². The van der Waals surface area contributed by atoms with Crippen LogP contribution in [-0.4, -0.2) is 82.3 Å². The molecular formula is C48H78N2O5S. The van der Waals surface area contributed by atoms with E-state index in [1.807, 2.05) is 13.8 Å². The molecule has 4 saturated carbocycles. The van der Waals surface area contributed by atoms with Gasteiger partial charge in [0.25, 0.3) is 0 Å². The third-order valence-electron chi connectivity index (χ3n) is 18.5. The van der Waals surface area contributed by atoms with Gasteiger partial charge in [0.2, 0.25) is 0 Å². The lowest BCUT2D eigenvalue weighted by Gasteiger charge is -2.72. The number of allylic oxidation sites excluding steroid dienone is 5. The van der Waals surface area contributed by atoms with Crippen molar-refractivity contribution in [2.75, 3.05) is 51.4 Å². The smallest absolute Gasteiger partial charge is 0.312 e. The summed E-state index contributed by atoms with van der Waals surface area (Å²) in [5.74, 6) is 3.75. The van der Waals surface area contributed by atoms with Crippen LogP contribution in [0.2, 0.25) is 0 Å². The quantitative estimate of drug-likeness (QED) is 0.165. The number of hydrogen-bond donors (Lipinski definition) is 1. The maximum atomic E-state index is 13.5. The molecule has 8 heteroatoms. The number of methoxy groups -OCH3 is 1. The predicted molar refractivity (Wildman–Crippen MR) is 228 cm³/mol. The van der Waals surface area contributed by atoms with Crippen molar-refractivity contribution < 1.29 is 22.7 Å². The lowest BCUT2D eigenvalue weighted by Crippen LogP contribution is -2.68. The molecule has 1 unspecified atom stereocenters. The minimum absolute atomic E-state index is 0.0557. The highest BCUT2D eigenvalue weighted by Crippen LogP contribution is 2.76. The Hall–Kier alpha value is -1.48. The summed E-state index contributed by atoms with van der Waals surface area (Å²) in [5.41, 5.74) is 4.97. The number of rotatable bonds is 11. The molecule has 1 N–H and O–H groups in total. The summed E-state index contributed by atoms with van der Waals surface area (Å²) < 4.78 is 35.5. The fraction of sp³-hybridized carbons (Fsp3) is 0.854. The number of nitrogens with one attached hydrogen (secondary N) is 1. The SMILES string of the molecule is C=C(C)[C@@H]1CC[C@]2(NCCN3CCS(=O)(=O)CC3)CC[C@]3(C)[C@H](CC[C@@H]4[C@@]5(C)CC=C(C6=CCC(CCOC)(C(=O)OC(C)C)CC6)C(C)(C)[C@@H]5CC[C@]43C)[C@@H]12. The molecule has 6 aliphatic carbocycles. The largest absolute Gasteiger partial charge is 0.463 e. The molecule has 7 aliphatic rings. The van der Waals surface area contributed by atoms with Crippen LogP contribution in [0.5, 0.6) is 0 Å². The molecule has 0 spiro atoms. The molecule has 7 rings (SSSR count). The van der Waals surface area contributed by atoms with E-state index in [0.717, 1.165) is 38.8 Å². The lowest BCUT2D eigenvalue weighted by atomic mass is 9.33. The average molecular weight is 795 g/mol. The van der Waals surface area contributed by atoms with Gasteiger partial charge in [-0.25, -0.2) is 8.42 Å². The summed E-state index contributed by atoms with van der Waals surface area (Å²) in [4.78, 5) is 15.8. The zero-order valence-corrected chi connectivity index (χ0v) is 37.7. The summed E-state index contributed by atoms with van der Waals surface area (Å²) in [6.45, 7) is 27.9. The number of hydrogen-bond acceptors (Lipinski definition) is 7. The number of carbonyl (C=O) groups excluding carboxylic acids is 1. The van der Waals surface area contributed by atoms with Crippen LogP contribution in [0.4, 0.5) is 0 Å². The van der Waals surface area contributed by atoms with Gasteiger partial charge in [0.1, 0.15) is 0 Å². The second-order valence-corrected chi connectivity index (χ2v) is 24.0. The minimum atomic E-state index is -2.86. The van der Waals surface area contributed by atoms with E-state index in [9.17, 15) is 13.2 Å². The summed E-state index contributed by atoms with van der Waals surface area (Å²) in [6, 6.07) is 0. The van der Waals surface area contributed by atoms with Gasteiger partial charge in [-0.3, -0.25) is 4.79 Å². The number of nitrogens with zero attached hydrogens (tertiary/aromatic N) is 1. The first-order chi connectivity index (χ1) is 26.3. The Morgan fingerprint density at radius 2 is 1.66 bits per heavy atom. The topological polar surface area (TPSA) is 84.9 Å². The van der Waals surface area contributed by atoms with Crippen molar-refractivity contribution in [3.8, 4) is 0 Å². The molecule has 1 aliphatic heterocycles. The van der Waals surface area contributed by atoms with Gasteiger partial charge in [0.15, 0.2) is 9.84 Å². The van der Waals surface area contributed by atoms with Gasteiger partial charge in [-0.05, 0) is 167 Å². The van der Waals surface area contributed by atoms with E-state index >= 15 is 0 Å². The molecule has 10 atom stereocenters. The first-order valence-corrected chi connectivity index (χ1v) is 24.5. The van der Waals surface area contributed by atoms with Gasteiger partial charge in [0, 0.05) is 45.4 Å². The number of sulfone groups is 1. The Balaban J connectivity index is 1.11. The highest BCUT2D eigenvalue weighted by molar-refractivity contribution is 7.91. The molecule has 1 heterocycles. The van der Waals surface area contributed by atoms with E-state index in [0.29, 0.717) is 67.2 Å². The van der Waals surface area contributed by atoms with E-state index in [2.05, 4.69) is 70.5 Å². The Morgan fingerprint density at radius 3 is 2.30 bits per heavy atom. The molecule has 0 aromatic rings. The summed E-state index contributed by atoms with van der Waals surface area (Å²) >= 11 is 0. The summed E-state index contributed by atoms with van der Waals surface area (Å²) in [6.07, 6.45) is 19.6. The number of carbonyl (C=O) groups is 1. The average Bonchev–Trinajstić information content (AvgIpc) is 3.52. The van der Waals surface area contributed by atoms with E-state index in [4.69, 9.17) is 9.47 Å². The molecular weight excluding hydrogens is 717 g/mol. The maximum Gasteiger partial charge on any atom is 0.312 e. The fourth-order valence-corrected chi connectivity index (χ4v) is 16.6.